The number of allylic oxidation sites excluding steroid dienone is 1. The van der Waals surface area contributed by atoms with Crippen LogP contribution in [0.3, 0.4) is 0 Å². The van der Waals surface area contributed by atoms with Crippen LogP contribution in [-0.2, 0) is 0 Å². The van der Waals surface area contributed by atoms with Crippen LogP contribution in [0.5, 0.6) is 0 Å². The van der Waals surface area contributed by atoms with Gasteiger partial charge in [0.15, 0.2) is 0 Å². The second-order valence-corrected chi connectivity index (χ2v) is 2.65. The molecule has 0 saturated carbocycles. The highest BCUT2D eigenvalue weighted by molar-refractivity contribution is 7.80. The van der Waals surface area contributed by atoms with E-state index in [0.29, 0.717) is 4.99 Å². The first-order valence-corrected chi connectivity index (χ1v) is 3.80. The molecule has 0 atom stereocenters. The van der Waals surface area contributed by atoms with Crippen molar-refractivity contribution in [3.8, 4) is 0 Å². The number of nitrogens with two attached hydrogens (primary N) is 1. The van der Waals surface area contributed by atoms with E-state index in [9.17, 15) is 0 Å². The monoisotopic (exact) mass is 161 g/mol. The lowest BCUT2D eigenvalue weighted by atomic mass is 10.2. The van der Waals surface area contributed by atoms with E-state index < -0.39 is 0 Å². The van der Waals surface area contributed by atoms with Crippen molar-refractivity contribution < 1.29 is 0 Å². The van der Waals surface area contributed by atoms with Gasteiger partial charge >= 0.3 is 0 Å². The first-order valence-electron chi connectivity index (χ1n) is 2.76. The lowest BCUT2D eigenvalue weighted by Gasteiger charge is -1.93. The Morgan fingerprint density at radius 3 is 2.67 bits per heavy atom. The molecular weight excluding hydrogens is 150 g/mol. The van der Waals surface area contributed by atoms with Gasteiger partial charge in [-0.3, -0.25) is 0 Å². The number of hydrogen-bond donors (Lipinski definition) is 2. The Bertz CT molecular complexity index is 129. The summed E-state index contributed by atoms with van der Waals surface area (Å²) in [4.78, 5) is 0.483. The molecule has 0 bridgehead atoms. The molecule has 0 fully saturated rings. The Morgan fingerprint density at radius 1 is 1.78 bits per heavy atom. The number of hydrogen-bond acceptors (Lipinski definition) is 2. The fraction of sp³-hybridized carbons (Fsp3) is 0.500. The predicted octanol–water partition coefficient (Wildman–Crippen LogP) is 1.54. The highest BCUT2D eigenvalue weighted by Crippen LogP contribution is 1.95. The van der Waals surface area contributed by atoms with Gasteiger partial charge < -0.3 is 5.73 Å². The van der Waals surface area contributed by atoms with Crippen molar-refractivity contribution in [2.75, 3.05) is 5.75 Å². The summed E-state index contributed by atoms with van der Waals surface area (Å²) in [5.41, 5.74) is 6.30. The van der Waals surface area contributed by atoms with E-state index >= 15 is 0 Å². The van der Waals surface area contributed by atoms with Crippen molar-refractivity contribution in [1.82, 2.24) is 0 Å². The van der Waals surface area contributed by atoms with Gasteiger partial charge in [-0.1, -0.05) is 18.3 Å². The molecule has 1 nitrogen and oxygen atoms in total. The van der Waals surface area contributed by atoms with Crippen molar-refractivity contribution in [2.45, 2.75) is 13.3 Å². The summed E-state index contributed by atoms with van der Waals surface area (Å²) in [5, 5.41) is 0. The van der Waals surface area contributed by atoms with Crippen LogP contribution in [0.15, 0.2) is 11.6 Å². The molecule has 0 unspecified atom stereocenters. The van der Waals surface area contributed by atoms with Crippen LogP contribution >= 0.6 is 24.8 Å². The van der Waals surface area contributed by atoms with Crippen LogP contribution in [-0.4, -0.2) is 10.7 Å². The molecule has 0 aromatic heterocycles. The number of thiol groups is 1. The van der Waals surface area contributed by atoms with Crippen LogP contribution in [0, 0.1) is 0 Å². The predicted molar refractivity (Wildman–Crippen MR) is 49.0 cm³/mol. The molecule has 0 aromatic carbocycles. The van der Waals surface area contributed by atoms with Crippen molar-refractivity contribution in [3.63, 3.8) is 0 Å². The van der Waals surface area contributed by atoms with Gasteiger partial charge in [0.2, 0.25) is 0 Å². The van der Waals surface area contributed by atoms with Gasteiger partial charge in [-0.05, 0) is 24.7 Å². The van der Waals surface area contributed by atoms with Gasteiger partial charge in [-0.25, -0.2) is 0 Å². The SMILES string of the molecule is C/C(=C\CCS)C(N)=S. The van der Waals surface area contributed by atoms with Gasteiger partial charge in [-0.2, -0.15) is 12.6 Å². The lowest BCUT2D eigenvalue weighted by Crippen LogP contribution is -2.08. The molecule has 0 aliphatic heterocycles. The Labute approximate surface area is 66.7 Å². The first-order chi connectivity index (χ1) is 4.18. The molecule has 3 heteroatoms. The Balaban J connectivity index is 3.69. The third kappa shape index (κ3) is 4.48. The molecule has 0 rings (SSSR count). The number of rotatable bonds is 3. The Morgan fingerprint density at radius 2 is 2.33 bits per heavy atom. The largest absolute Gasteiger partial charge is 0.390 e. The average Bonchev–Trinajstić information content (AvgIpc) is 1.82. The fourth-order valence-electron chi connectivity index (χ4n) is 0.382. The minimum absolute atomic E-state index is 0.483. The highest BCUT2D eigenvalue weighted by Gasteiger charge is 1.88. The lowest BCUT2D eigenvalue weighted by molar-refractivity contribution is 1.23. The third-order valence-electron chi connectivity index (χ3n) is 0.968. The fourth-order valence-corrected chi connectivity index (χ4v) is 0.594. The standard InChI is InChI=1S/C6H11NS2/c1-5(6(7)9)3-2-4-8/h3,8H,2,4H2,1H3,(H2,7,9)/b5-3+. The maximum atomic E-state index is 5.31. The maximum Gasteiger partial charge on any atom is 0.0988 e. The summed E-state index contributed by atoms with van der Waals surface area (Å²) in [6, 6.07) is 0. The molecule has 9 heavy (non-hydrogen) atoms. The molecule has 2 N–H and O–H groups in total. The van der Waals surface area contributed by atoms with Crippen molar-refractivity contribution in [2.24, 2.45) is 5.73 Å². The molecule has 0 aliphatic carbocycles. The quantitative estimate of drug-likeness (QED) is 0.373. The van der Waals surface area contributed by atoms with Crippen molar-refractivity contribution in [1.29, 1.82) is 0 Å². The van der Waals surface area contributed by atoms with E-state index in [1.807, 2.05) is 13.0 Å². The third-order valence-corrected chi connectivity index (χ3v) is 1.55. The highest BCUT2D eigenvalue weighted by atomic mass is 32.1. The summed E-state index contributed by atoms with van der Waals surface area (Å²) in [7, 11) is 0. The summed E-state index contributed by atoms with van der Waals surface area (Å²) in [6.45, 7) is 1.91. The zero-order valence-corrected chi connectivity index (χ0v) is 7.14. The van der Waals surface area contributed by atoms with Crippen LogP contribution in [0.1, 0.15) is 13.3 Å². The Kier molecular flexibility index (Phi) is 4.81. The van der Waals surface area contributed by atoms with Gasteiger partial charge in [0, 0.05) is 0 Å². The van der Waals surface area contributed by atoms with Gasteiger partial charge in [0.1, 0.15) is 0 Å². The van der Waals surface area contributed by atoms with E-state index in [4.69, 9.17) is 18.0 Å². The van der Waals surface area contributed by atoms with Gasteiger partial charge in [-0.15, -0.1) is 0 Å². The molecule has 0 spiro atoms. The van der Waals surface area contributed by atoms with Crippen LogP contribution in [0.25, 0.3) is 0 Å². The normalized spacial score (nSPS) is 11.6. The smallest absolute Gasteiger partial charge is 0.0988 e. The van der Waals surface area contributed by atoms with E-state index in [2.05, 4.69) is 12.6 Å². The topological polar surface area (TPSA) is 26.0 Å². The molecule has 0 radical (unpaired) electrons. The molecule has 0 aliphatic rings. The summed E-state index contributed by atoms with van der Waals surface area (Å²) < 4.78 is 0. The zero-order valence-electron chi connectivity index (χ0n) is 5.42. The second-order valence-electron chi connectivity index (χ2n) is 1.76. The van der Waals surface area contributed by atoms with E-state index in [1.54, 1.807) is 0 Å². The van der Waals surface area contributed by atoms with Crippen molar-refractivity contribution >= 4 is 29.8 Å². The summed E-state index contributed by atoms with van der Waals surface area (Å²) in [5.74, 6) is 0.847. The Hall–Kier alpha value is -0.0200. The summed E-state index contributed by atoms with van der Waals surface area (Å²) in [6.07, 6.45) is 2.93. The van der Waals surface area contributed by atoms with E-state index in [0.717, 1.165) is 17.7 Å². The molecule has 52 valence electrons. The van der Waals surface area contributed by atoms with Crippen LogP contribution < -0.4 is 5.73 Å². The first kappa shape index (κ1) is 8.98. The molecule has 0 amide bonds. The van der Waals surface area contributed by atoms with Crippen LogP contribution in [0.4, 0.5) is 0 Å². The van der Waals surface area contributed by atoms with Crippen molar-refractivity contribution in [3.05, 3.63) is 11.6 Å². The molecule has 0 heterocycles. The van der Waals surface area contributed by atoms with E-state index in [-0.39, 0.29) is 0 Å². The van der Waals surface area contributed by atoms with Crippen LogP contribution in [0.2, 0.25) is 0 Å². The molecule has 0 saturated heterocycles. The second kappa shape index (κ2) is 4.82. The molecular formula is C6H11NS2. The van der Waals surface area contributed by atoms with Gasteiger partial charge in [0.25, 0.3) is 0 Å². The minimum Gasteiger partial charge on any atom is -0.390 e. The minimum atomic E-state index is 0.483. The maximum absolute atomic E-state index is 5.31. The van der Waals surface area contributed by atoms with Gasteiger partial charge in [0.05, 0.1) is 4.99 Å². The zero-order chi connectivity index (χ0) is 7.28. The molecule has 0 aromatic rings. The average molecular weight is 161 g/mol. The summed E-state index contributed by atoms with van der Waals surface area (Å²) >= 11 is 8.75. The van der Waals surface area contributed by atoms with E-state index in [1.165, 1.54) is 0 Å². The number of thiocarbonyl (C=S) groups is 1.